The van der Waals surface area contributed by atoms with Crippen LogP contribution in [0.25, 0.3) is 0 Å². The van der Waals surface area contributed by atoms with E-state index in [0.29, 0.717) is 0 Å². The van der Waals surface area contributed by atoms with Crippen molar-refractivity contribution in [2.45, 2.75) is 63.6 Å². The highest BCUT2D eigenvalue weighted by Crippen LogP contribution is 2.35. The number of hydrogen-bond acceptors (Lipinski definition) is 2. The molecule has 1 atom stereocenters. The maximum absolute atomic E-state index is 13.0. The highest BCUT2D eigenvalue weighted by molar-refractivity contribution is 6.27. The van der Waals surface area contributed by atoms with E-state index in [1.807, 2.05) is 31.2 Å². The maximum atomic E-state index is 13.0. The first-order valence-corrected chi connectivity index (χ1v) is 9.37. The number of nitrogens with zero attached hydrogens (tertiary/aromatic N) is 1. The average molecular weight is 349 g/mol. The first-order chi connectivity index (χ1) is 11.6. The van der Waals surface area contributed by atoms with Crippen molar-refractivity contribution in [3.63, 3.8) is 0 Å². The lowest BCUT2D eigenvalue weighted by Gasteiger charge is -2.32. The quantitative estimate of drug-likeness (QED) is 0.802. The van der Waals surface area contributed by atoms with Crippen molar-refractivity contribution in [2.75, 3.05) is 5.88 Å². The Labute approximate surface area is 148 Å². The van der Waals surface area contributed by atoms with Gasteiger partial charge in [-0.05, 0) is 38.2 Å². The van der Waals surface area contributed by atoms with E-state index < -0.39 is 6.04 Å². The normalized spacial score (nSPS) is 19.1. The molecule has 1 N–H and O–H groups in total. The van der Waals surface area contributed by atoms with E-state index >= 15 is 0 Å². The lowest BCUT2D eigenvalue weighted by atomic mass is 10.0. The van der Waals surface area contributed by atoms with Crippen molar-refractivity contribution in [3.05, 3.63) is 35.4 Å². The van der Waals surface area contributed by atoms with Crippen LogP contribution in [0.1, 0.15) is 55.7 Å². The fraction of sp³-hybridized carbons (Fsp3) is 0.579. The van der Waals surface area contributed by atoms with Crippen LogP contribution < -0.4 is 5.32 Å². The van der Waals surface area contributed by atoms with Gasteiger partial charge in [-0.2, -0.15) is 0 Å². The molecular weight excluding hydrogens is 324 g/mol. The van der Waals surface area contributed by atoms with Gasteiger partial charge in [-0.25, -0.2) is 0 Å². The summed E-state index contributed by atoms with van der Waals surface area (Å²) in [5.41, 5.74) is 2.00. The van der Waals surface area contributed by atoms with Crippen LogP contribution in [0.3, 0.4) is 0 Å². The molecule has 4 nitrogen and oxygen atoms in total. The van der Waals surface area contributed by atoms with Crippen LogP contribution in [0, 0.1) is 6.92 Å². The fourth-order valence-corrected chi connectivity index (χ4v) is 3.66. The molecule has 0 bridgehead atoms. The molecule has 0 spiro atoms. The molecule has 2 fully saturated rings. The zero-order chi connectivity index (χ0) is 17.1. The number of amides is 2. The first kappa shape index (κ1) is 17.3. The van der Waals surface area contributed by atoms with Crippen LogP contribution in [0.15, 0.2) is 24.3 Å². The standard InChI is InChI=1S/C19H25ClN2O2/c1-13-6-8-14(9-7-13)18(19(24)21-15-4-2-3-5-15)22(16-10-11-16)17(23)12-20/h6-9,15-16,18H,2-5,10-12H2,1H3,(H,21,24). The van der Waals surface area contributed by atoms with Gasteiger partial charge >= 0.3 is 0 Å². The van der Waals surface area contributed by atoms with Crippen molar-refractivity contribution in [3.8, 4) is 0 Å². The summed E-state index contributed by atoms with van der Waals surface area (Å²) in [5, 5.41) is 3.16. The Balaban J connectivity index is 1.88. The highest BCUT2D eigenvalue weighted by Gasteiger charge is 2.41. The van der Waals surface area contributed by atoms with Crippen molar-refractivity contribution in [2.24, 2.45) is 0 Å². The lowest BCUT2D eigenvalue weighted by Crippen LogP contribution is -2.47. The summed E-state index contributed by atoms with van der Waals surface area (Å²) in [6, 6.07) is 7.67. The van der Waals surface area contributed by atoms with E-state index in [9.17, 15) is 9.59 Å². The third-order valence-corrected chi connectivity index (χ3v) is 5.19. The molecule has 1 aromatic rings. The summed E-state index contributed by atoms with van der Waals surface area (Å²) in [5.74, 6) is -0.322. The molecule has 0 aliphatic heterocycles. The lowest BCUT2D eigenvalue weighted by molar-refractivity contribution is -0.140. The molecule has 24 heavy (non-hydrogen) atoms. The minimum atomic E-state index is -0.579. The summed E-state index contributed by atoms with van der Waals surface area (Å²) >= 11 is 5.83. The SMILES string of the molecule is Cc1ccc(C(C(=O)NC2CCCC2)N(C(=O)CCl)C2CC2)cc1. The zero-order valence-electron chi connectivity index (χ0n) is 14.1. The molecule has 0 radical (unpaired) electrons. The van der Waals surface area contributed by atoms with E-state index in [1.54, 1.807) is 4.90 Å². The van der Waals surface area contributed by atoms with Gasteiger partial charge in [-0.3, -0.25) is 9.59 Å². The number of rotatable bonds is 6. The Bertz CT molecular complexity index is 592. The second-order valence-electron chi connectivity index (χ2n) is 6.97. The molecule has 130 valence electrons. The zero-order valence-corrected chi connectivity index (χ0v) is 14.9. The van der Waals surface area contributed by atoms with Gasteiger partial charge in [0.1, 0.15) is 11.9 Å². The van der Waals surface area contributed by atoms with E-state index in [0.717, 1.165) is 49.7 Å². The van der Waals surface area contributed by atoms with Crippen molar-refractivity contribution >= 4 is 23.4 Å². The van der Waals surface area contributed by atoms with E-state index in [4.69, 9.17) is 11.6 Å². The minimum absolute atomic E-state index is 0.0730. The number of alkyl halides is 1. The highest BCUT2D eigenvalue weighted by atomic mass is 35.5. The van der Waals surface area contributed by atoms with E-state index in [1.165, 1.54) is 0 Å². The maximum Gasteiger partial charge on any atom is 0.247 e. The molecule has 2 amide bonds. The Morgan fingerprint density at radius 2 is 1.79 bits per heavy atom. The largest absolute Gasteiger partial charge is 0.351 e. The number of nitrogens with one attached hydrogen (secondary N) is 1. The minimum Gasteiger partial charge on any atom is -0.351 e. The third-order valence-electron chi connectivity index (χ3n) is 4.96. The summed E-state index contributed by atoms with van der Waals surface area (Å²) in [6.07, 6.45) is 6.27. The number of aryl methyl sites for hydroxylation is 1. The molecule has 2 aliphatic rings. The average Bonchev–Trinajstić information content (AvgIpc) is 3.29. The van der Waals surface area contributed by atoms with Crippen LogP contribution in [0.4, 0.5) is 0 Å². The van der Waals surface area contributed by atoms with Crippen molar-refractivity contribution in [1.82, 2.24) is 10.2 Å². The molecule has 1 aromatic carbocycles. The number of carbonyl (C=O) groups is 2. The first-order valence-electron chi connectivity index (χ1n) is 8.84. The second kappa shape index (κ2) is 7.56. The van der Waals surface area contributed by atoms with Crippen molar-refractivity contribution in [1.29, 1.82) is 0 Å². The Morgan fingerprint density at radius 1 is 1.17 bits per heavy atom. The van der Waals surface area contributed by atoms with E-state index in [2.05, 4.69) is 5.32 Å². The van der Waals surface area contributed by atoms with E-state index in [-0.39, 0.29) is 29.8 Å². The smallest absolute Gasteiger partial charge is 0.247 e. The monoisotopic (exact) mass is 348 g/mol. The van der Waals surface area contributed by atoms with Gasteiger partial charge in [0.25, 0.3) is 0 Å². The Morgan fingerprint density at radius 3 is 2.33 bits per heavy atom. The van der Waals surface area contributed by atoms with Gasteiger partial charge in [-0.15, -0.1) is 11.6 Å². The van der Waals surface area contributed by atoms with Crippen LogP contribution >= 0.6 is 11.6 Å². The summed E-state index contributed by atoms with van der Waals surface area (Å²) < 4.78 is 0. The molecule has 0 saturated heterocycles. The van der Waals surface area contributed by atoms with Gasteiger partial charge in [-0.1, -0.05) is 42.7 Å². The summed E-state index contributed by atoms with van der Waals surface area (Å²) in [4.78, 5) is 27.2. The molecule has 2 saturated carbocycles. The number of hydrogen-bond donors (Lipinski definition) is 1. The van der Waals surface area contributed by atoms with Gasteiger partial charge in [0.15, 0.2) is 0 Å². The number of carbonyl (C=O) groups excluding carboxylic acids is 2. The third kappa shape index (κ3) is 3.92. The Hall–Kier alpha value is -1.55. The van der Waals surface area contributed by atoms with Gasteiger partial charge in [0.05, 0.1) is 0 Å². The van der Waals surface area contributed by atoms with Gasteiger partial charge in [0, 0.05) is 12.1 Å². The van der Waals surface area contributed by atoms with Crippen molar-refractivity contribution < 1.29 is 9.59 Å². The fourth-order valence-electron chi connectivity index (χ4n) is 3.52. The van der Waals surface area contributed by atoms with Crippen LogP contribution in [-0.4, -0.2) is 34.7 Å². The van der Waals surface area contributed by atoms with Crippen LogP contribution in [0.5, 0.6) is 0 Å². The van der Waals surface area contributed by atoms with Crippen LogP contribution in [0.2, 0.25) is 0 Å². The predicted molar refractivity (Wildman–Crippen MR) is 94.9 cm³/mol. The molecule has 3 rings (SSSR count). The predicted octanol–water partition coefficient (Wildman–Crippen LogP) is 3.32. The summed E-state index contributed by atoms with van der Waals surface area (Å²) in [6.45, 7) is 2.01. The topological polar surface area (TPSA) is 49.4 Å². The number of halogens is 1. The molecule has 0 aromatic heterocycles. The molecular formula is C19H25ClN2O2. The molecule has 0 heterocycles. The van der Waals surface area contributed by atoms with Gasteiger partial charge < -0.3 is 10.2 Å². The summed E-state index contributed by atoms with van der Waals surface area (Å²) in [7, 11) is 0. The molecule has 2 aliphatic carbocycles. The van der Waals surface area contributed by atoms with Gasteiger partial charge in [0.2, 0.25) is 11.8 Å². The molecule has 5 heteroatoms. The second-order valence-corrected chi connectivity index (χ2v) is 7.24. The number of benzene rings is 1. The Kier molecular flexibility index (Phi) is 5.44. The van der Waals surface area contributed by atoms with Crippen LogP contribution in [-0.2, 0) is 9.59 Å². The molecule has 1 unspecified atom stereocenters.